The zero-order valence-electron chi connectivity index (χ0n) is 11.9. The van der Waals surface area contributed by atoms with Gasteiger partial charge in [-0.3, -0.25) is 0 Å². The fraction of sp³-hybridized carbons (Fsp3) is 0.714. The van der Waals surface area contributed by atoms with Crippen LogP contribution in [-0.2, 0) is 22.6 Å². The molecular weight excluding hydrogens is 230 g/mol. The number of hydrogen-bond donors (Lipinski definition) is 1. The van der Waals surface area contributed by atoms with Crippen molar-refractivity contribution in [2.24, 2.45) is 0 Å². The third kappa shape index (κ3) is 5.67. The van der Waals surface area contributed by atoms with E-state index < -0.39 is 0 Å². The van der Waals surface area contributed by atoms with Crippen molar-refractivity contribution in [3.05, 3.63) is 23.2 Å². The number of aryl methyl sites for hydroxylation is 1. The van der Waals surface area contributed by atoms with Crippen LogP contribution in [0, 0.1) is 6.92 Å². The highest BCUT2D eigenvalue weighted by atomic mass is 16.5. The molecule has 1 aromatic heterocycles. The lowest BCUT2D eigenvalue weighted by Gasteiger charge is -2.06. The van der Waals surface area contributed by atoms with Gasteiger partial charge in [-0.1, -0.05) is 13.8 Å². The summed E-state index contributed by atoms with van der Waals surface area (Å²) < 4.78 is 16.4. The lowest BCUT2D eigenvalue weighted by Crippen LogP contribution is -2.21. The minimum atomic E-state index is 0.459. The number of hydrogen-bond acceptors (Lipinski definition) is 4. The molecule has 0 aliphatic rings. The van der Waals surface area contributed by atoms with Gasteiger partial charge in [0.2, 0.25) is 0 Å². The van der Waals surface area contributed by atoms with E-state index >= 15 is 0 Å². The number of nitrogens with one attached hydrogen (secondary N) is 1. The van der Waals surface area contributed by atoms with Crippen molar-refractivity contribution in [3.8, 4) is 0 Å². The van der Waals surface area contributed by atoms with E-state index in [1.807, 2.05) is 13.0 Å². The van der Waals surface area contributed by atoms with E-state index in [1.54, 1.807) is 0 Å². The molecule has 0 spiro atoms. The molecule has 4 nitrogen and oxygen atoms in total. The molecule has 0 unspecified atom stereocenters. The monoisotopic (exact) mass is 255 g/mol. The normalized spacial score (nSPS) is 11.4. The molecule has 0 saturated carbocycles. The Hall–Kier alpha value is -0.840. The van der Waals surface area contributed by atoms with Crippen molar-refractivity contribution in [2.45, 2.75) is 46.9 Å². The van der Waals surface area contributed by atoms with Crippen LogP contribution in [0.3, 0.4) is 0 Å². The van der Waals surface area contributed by atoms with Gasteiger partial charge in [0.15, 0.2) is 0 Å². The second-order valence-electron chi connectivity index (χ2n) is 4.60. The maximum atomic E-state index is 5.74. The molecule has 0 aliphatic heterocycles. The van der Waals surface area contributed by atoms with E-state index in [0.717, 1.165) is 24.7 Å². The van der Waals surface area contributed by atoms with E-state index in [1.165, 1.54) is 5.56 Å². The molecular formula is C14H25NO3. The summed E-state index contributed by atoms with van der Waals surface area (Å²) >= 11 is 0. The molecule has 0 radical (unpaired) electrons. The molecule has 0 saturated heterocycles. The third-order valence-electron chi connectivity index (χ3n) is 2.56. The summed E-state index contributed by atoms with van der Waals surface area (Å²) in [6.07, 6.45) is 0. The highest BCUT2D eigenvalue weighted by Gasteiger charge is 2.08. The molecule has 0 aromatic carbocycles. The molecule has 0 atom stereocenters. The molecule has 0 amide bonds. The van der Waals surface area contributed by atoms with Crippen molar-refractivity contribution in [3.63, 3.8) is 0 Å². The second-order valence-corrected chi connectivity index (χ2v) is 4.60. The maximum absolute atomic E-state index is 5.74. The SMILES string of the molecule is CCOCCOCc1cc(C)c(CNC(C)C)o1. The van der Waals surface area contributed by atoms with Gasteiger partial charge in [-0.25, -0.2) is 0 Å². The summed E-state index contributed by atoms with van der Waals surface area (Å²) in [4.78, 5) is 0. The Balaban J connectivity index is 2.31. The van der Waals surface area contributed by atoms with Crippen LogP contribution in [0.1, 0.15) is 37.9 Å². The average Bonchev–Trinajstić information content (AvgIpc) is 2.67. The number of ether oxygens (including phenoxy) is 2. The highest BCUT2D eigenvalue weighted by molar-refractivity contribution is 5.19. The van der Waals surface area contributed by atoms with Gasteiger partial charge in [-0.15, -0.1) is 0 Å². The molecule has 1 aromatic rings. The van der Waals surface area contributed by atoms with Gasteiger partial charge >= 0.3 is 0 Å². The molecule has 18 heavy (non-hydrogen) atoms. The quantitative estimate of drug-likeness (QED) is 0.689. The topological polar surface area (TPSA) is 43.6 Å². The predicted molar refractivity (Wildman–Crippen MR) is 71.6 cm³/mol. The highest BCUT2D eigenvalue weighted by Crippen LogP contribution is 2.15. The smallest absolute Gasteiger partial charge is 0.130 e. The van der Waals surface area contributed by atoms with E-state index in [9.17, 15) is 0 Å². The van der Waals surface area contributed by atoms with Crippen LogP contribution < -0.4 is 5.32 Å². The zero-order valence-corrected chi connectivity index (χ0v) is 11.9. The number of furan rings is 1. The first-order chi connectivity index (χ1) is 8.63. The summed E-state index contributed by atoms with van der Waals surface area (Å²) in [7, 11) is 0. The molecule has 1 N–H and O–H groups in total. The summed E-state index contributed by atoms with van der Waals surface area (Å²) in [6.45, 7) is 11.5. The van der Waals surface area contributed by atoms with Crippen LogP contribution >= 0.6 is 0 Å². The van der Waals surface area contributed by atoms with Gasteiger partial charge in [0, 0.05) is 12.6 Å². The lowest BCUT2D eigenvalue weighted by molar-refractivity contribution is 0.0387. The Kier molecular flexibility index (Phi) is 7.01. The van der Waals surface area contributed by atoms with Crippen molar-refractivity contribution in [1.82, 2.24) is 5.32 Å². The lowest BCUT2D eigenvalue weighted by atomic mass is 10.2. The summed E-state index contributed by atoms with van der Waals surface area (Å²) in [6, 6.07) is 2.50. The van der Waals surface area contributed by atoms with Gasteiger partial charge in [-0.05, 0) is 25.5 Å². The van der Waals surface area contributed by atoms with E-state index in [-0.39, 0.29) is 0 Å². The second kappa shape index (κ2) is 8.29. The van der Waals surface area contributed by atoms with Crippen LogP contribution in [-0.4, -0.2) is 25.9 Å². The van der Waals surface area contributed by atoms with Crippen molar-refractivity contribution < 1.29 is 13.9 Å². The van der Waals surface area contributed by atoms with Gasteiger partial charge < -0.3 is 19.2 Å². The Morgan fingerprint density at radius 2 is 2.00 bits per heavy atom. The van der Waals surface area contributed by atoms with Crippen LogP contribution in [0.4, 0.5) is 0 Å². The van der Waals surface area contributed by atoms with Crippen molar-refractivity contribution in [1.29, 1.82) is 0 Å². The first kappa shape index (κ1) is 15.2. The van der Waals surface area contributed by atoms with Crippen molar-refractivity contribution in [2.75, 3.05) is 19.8 Å². The Bertz CT molecular complexity index is 334. The van der Waals surface area contributed by atoms with Crippen LogP contribution in [0.2, 0.25) is 0 Å². The van der Waals surface area contributed by atoms with Crippen LogP contribution in [0.5, 0.6) is 0 Å². The summed E-state index contributed by atoms with van der Waals surface area (Å²) in [5.74, 6) is 1.87. The fourth-order valence-corrected chi connectivity index (χ4v) is 1.57. The fourth-order valence-electron chi connectivity index (χ4n) is 1.57. The van der Waals surface area contributed by atoms with E-state index in [0.29, 0.717) is 25.9 Å². The molecule has 1 rings (SSSR count). The maximum Gasteiger partial charge on any atom is 0.130 e. The summed E-state index contributed by atoms with van der Waals surface area (Å²) in [5, 5.41) is 3.35. The number of rotatable bonds is 9. The van der Waals surface area contributed by atoms with E-state index in [2.05, 4.69) is 26.1 Å². The average molecular weight is 255 g/mol. The summed E-state index contributed by atoms with van der Waals surface area (Å²) in [5.41, 5.74) is 1.17. The van der Waals surface area contributed by atoms with Gasteiger partial charge in [0.05, 0.1) is 19.8 Å². The van der Waals surface area contributed by atoms with Gasteiger partial charge in [0.25, 0.3) is 0 Å². The Morgan fingerprint density at radius 1 is 1.28 bits per heavy atom. The molecule has 0 bridgehead atoms. The Labute approximate surface area is 110 Å². The standard InChI is InChI=1S/C14H25NO3/c1-5-16-6-7-17-10-13-8-12(4)14(18-13)9-15-11(2)3/h8,11,15H,5-7,9-10H2,1-4H3. The molecule has 104 valence electrons. The first-order valence-corrected chi connectivity index (χ1v) is 6.60. The molecule has 0 aliphatic carbocycles. The van der Waals surface area contributed by atoms with Gasteiger partial charge in [0.1, 0.15) is 18.1 Å². The first-order valence-electron chi connectivity index (χ1n) is 6.60. The Morgan fingerprint density at radius 3 is 2.67 bits per heavy atom. The predicted octanol–water partition coefficient (Wildman–Crippen LogP) is 2.64. The van der Waals surface area contributed by atoms with Gasteiger partial charge in [-0.2, -0.15) is 0 Å². The minimum Gasteiger partial charge on any atom is -0.462 e. The third-order valence-corrected chi connectivity index (χ3v) is 2.56. The molecule has 0 fully saturated rings. The minimum absolute atomic E-state index is 0.459. The van der Waals surface area contributed by atoms with Crippen LogP contribution in [0.15, 0.2) is 10.5 Å². The largest absolute Gasteiger partial charge is 0.462 e. The van der Waals surface area contributed by atoms with Crippen molar-refractivity contribution >= 4 is 0 Å². The van der Waals surface area contributed by atoms with E-state index in [4.69, 9.17) is 13.9 Å². The molecule has 4 heteroatoms. The van der Waals surface area contributed by atoms with Crippen LogP contribution in [0.25, 0.3) is 0 Å². The molecule has 1 heterocycles. The zero-order chi connectivity index (χ0) is 13.4.